The highest BCUT2D eigenvalue weighted by atomic mass is 35.5. The lowest BCUT2D eigenvalue weighted by Crippen LogP contribution is -2.26. The first-order valence-electron chi connectivity index (χ1n) is 7.51. The van der Waals surface area contributed by atoms with Gasteiger partial charge >= 0.3 is 12.1 Å². The summed E-state index contributed by atoms with van der Waals surface area (Å²) in [6, 6.07) is 8.57. The number of ether oxygens (including phenoxy) is 1. The third-order valence-electron chi connectivity index (χ3n) is 3.34. The van der Waals surface area contributed by atoms with Crippen molar-refractivity contribution in [2.75, 3.05) is 11.9 Å². The molecule has 0 saturated heterocycles. The van der Waals surface area contributed by atoms with Crippen LogP contribution in [0.5, 0.6) is 0 Å². The quantitative estimate of drug-likeness (QED) is 0.672. The molecule has 2 rings (SSSR count). The van der Waals surface area contributed by atoms with Gasteiger partial charge in [0.15, 0.2) is 0 Å². The molecule has 142 valence electrons. The Balaban J connectivity index is 2.03. The molecule has 0 spiro atoms. The SMILES string of the molecule is N#CC[C@@H](CNc1ncc(C(F)(F)F)cc1Cl)OC(=O)c1ccc(Cl)cc1. The average Bonchev–Trinajstić information content (AvgIpc) is 2.60. The lowest BCUT2D eigenvalue weighted by atomic mass is 10.2. The third-order valence-corrected chi connectivity index (χ3v) is 3.88. The molecule has 0 unspecified atom stereocenters. The summed E-state index contributed by atoms with van der Waals surface area (Å²) in [4.78, 5) is 15.7. The Morgan fingerprint density at radius 2 is 1.96 bits per heavy atom. The minimum absolute atomic E-state index is 0.0184. The van der Waals surface area contributed by atoms with Gasteiger partial charge in [0.1, 0.15) is 11.9 Å². The maximum atomic E-state index is 12.6. The predicted octanol–water partition coefficient (Wildman–Crippen LogP) is 4.96. The number of carbonyl (C=O) groups excluding carboxylic acids is 1. The minimum Gasteiger partial charge on any atom is -0.456 e. The second kappa shape index (κ2) is 8.93. The molecule has 1 N–H and O–H groups in total. The van der Waals surface area contributed by atoms with Crippen molar-refractivity contribution in [3.05, 3.63) is 57.7 Å². The Kier molecular flexibility index (Phi) is 6.88. The second-order valence-electron chi connectivity index (χ2n) is 5.33. The van der Waals surface area contributed by atoms with Crippen LogP contribution in [-0.4, -0.2) is 23.6 Å². The van der Waals surface area contributed by atoms with Crippen LogP contribution in [0.1, 0.15) is 22.3 Å². The Bertz CT molecular complexity index is 852. The van der Waals surface area contributed by atoms with E-state index in [0.29, 0.717) is 11.2 Å². The van der Waals surface area contributed by atoms with Gasteiger partial charge in [-0.1, -0.05) is 23.2 Å². The second-order valence-corrected chi connectivity index (χ2v) is 6.17. The maximum Gasteiger partial charge on any atom is 0.417 e. The van der Waals surface area contributed by atoms with E-state index >= 15 is 0 Å². The number of nitrogens with one attached hydrogen (secondary N) is 1. The highest BCUT2D eigenvalue weighted by molar-refractivity contribution is 6.33. The number of aromatic nitrogens is 1. The Morgan fingerprint density at radius 3 is 2.52 bits per heavy atom. The molecule has 1 aromatic heterocycles. The largest absolute Gasteiger partial charge is 0.456 e. The number of hydrogen-bond acceptors (Lipinski definition) is 5. The first-order valence-corrected chi connectivity index (χ1v) is 8.26. The van der Waals surface area contributed by atoms with E-state index in [1.165, 1.54) is 24.3 Å². The fourth-order valence-corrected chi connectivity index (χ4v) is 2.36. The van der Waals surface area contributed by atoms with Crippen molar-refractivity contribution in [3.63, 3.8) is 0 Å². The van der Waals surface area contributed by atoms with Gasteiger partial charge in [-0.05, 0) is 30.3 Å². The van der Waals surface area contributed by atoms with Crippen molar-refractivity contribution >= 4 is 35.0 Å². The van der Waals surface area contributed by atoms with Crippen LogP contribution in [0.2, 0.25) is 10.0 Å². The predicted molar refractivity (Wildman–Crippen MR) is 93.6 cm³/mol. The van der Waals surface area contributed by atoms with Crippen LogP contribution >= 0.6 is 23.2 Å². The third kappa shape index (κ3) is 6.01. The molecule has 0 amide bonds. The van der Waals surface area contributed by atoms with Crippen molar-refractivity contribution in [1.29, 1.82) is 5.26 Å². The van der Waals surface area contributed by atoms with Crippen LogP contribution in [0.4, 0.5) is 19.0 Å². The fraction of sp³-hybridized carbons (Fsp3) is 0.235. The van der Waals surface area contributed by atoms with Crippen LogP contribution < -0.4 is 5.32 Å². The van der Waals surface area contributed by atoms with E-state index in [1.807, 2.05) is 6.07 Å². The number of hydrogen-bond donors (Lipinski definition) is 1. The van der Waals surface area contributed by atoms with Crippen LogP contribution in [0.3, 0.4) is 0 Å². The number of halogens is 5. The lowest BCUT2D eigenvalue weighted by Gasteiger charge is -2.17. The molecule has 0 saturated carbocycles. The maximum absolute atomic E-state index is 12.6. The summed E-state index contributed by atoms with van der Waals surface area (Å²) < 4.78 is 43.1. The molecule has 0 aliphatic carbocycles. The zero-order valence-electron chi connectivity index (χ0n) is 13.6. The molecule has 2 aromatic rings. The normalized spacial score (nSPS) is 12.1. The van der Waals surface area contributed by atoms with E-state index in [1.54, 1.807) is 0 Å². The lowest BCUT2D eigenvalue weighted by molar-refractivity contribution is -0.137. The number of pyridine rings is 1. The average molecular weight is 418 g/mol. The standard InChI is InChI=1S/C17H12Cl2F3N3O2/c18-12-3-1-10(2-4-12)16(26)27-13(5-6-23)9-25-15-14(19)7-11(8-24-15)17(20,21)22/h1-4,7-8,13H,5,9H2,(H,24,25)/t13-/m0/s1. The van der Waals surface area contributed by atoms with Gasteiger partial charge in [-0.3, -0.25) is 0 Å². The van der Waals surface area contributed by atoms with Crippen molar-refractivity contribution in [2.45, 2.75) is 18.7 Å². The van der Waals surface area contributed by atoms with Gasteiger partial charge in [-0.15, -0.1) is 0 Å². The molecule has 0 bridgehead atoms. The van der Waals surface area contributed by atoms with E-state index < -0.39 is 23.8 Å². The monoisotopic (exact) mass is 417 g/mol. The number of carbonyl (C=O) groups is 1. The fourth-order valence-electron chi connectivity index (χ4n) is 2.00. The van der Waals surface area contributed by atoms with Crippen molar-refractivity contribution in [1.82, 2.24) is 4.98 Å². The summed E-state index contributed by atoms with van der Waals surface area (Å²) in [7, 11) is 0. The number of nitrogens with zero attached hydrogens (tertiary/aromatic N) is 2. The Hall–Kier alpha value is -2.50. The van der Waals surface area contributed by atoms with Crippen LogP contribution in [-0.2, 0) is 10.9 Å². The highest BCUT2D eigenvalue weighted by Gasteiger charge is 2.31. The minimum atomic E-state index is -4.56. The van der Waals surface area contributed by atoms with Crippen LogP contribution in [0, 0.1) is 11.3 Å². The van der Waals surface area contributed by atoms with E-state index in [4.69, 9.17) is 33.2 Å². The van der Waals surface area contributed by atoms with Crippen molar-refractivity contribution in [3.8, 4) is 6.07 Å². The Labute approximate surface area is 162 Å². The molecule has 10 heteroatoms. The first-order chi connectivity index (χ1) is 12.7. The molecule has 1 heterocycles. The summed E-state index contributed by atoms with van der Waals surface area (Å²) in [6.07, 6.45) is -4.93. The highest BCUT2D eigenvalue weighted by Crippen LogP contribution is 2.32. The summed E-state index contributed by atoms with van der Waals surface area (Å²) in [6.45, 7) is -0.0645. The molecule has 1 aromatic carbocycles. The number of benzene rings is 1. The summed E-state index contributed by atoms with van der Waals surface area (Å²) in [5.74, 6) is -0.685. The van der Waals surface area contributed by atoms with Gasteiger partial charge in [0, 0.05) is 11.2 Å². The molecule has 1 atom stereocenters. The number of rotatable bonds is 6. The summed E-state index contributed by atoms with van der Waals surface area (Å²) >= 11 is 11.6. The van der Waals surface area contributed by atoms with E-state index in [9.17, 15) is 18.0 Å². The van der Waals surface area contributed by atoms with Crippen molar-refractivity contribution in [2.24, 2.45) is 0 Å². The van der Waals surface area contributed by atoms with Gasteiger partial charge in [0.05, 0.1) is 35.2 Å². The van der Waals surface area contributed by atoms with Gasteiger partial charge in [0.25, 0.3) is 0 Å². The topological polar surface area (TPSA) is 75.0 Å². The summed E-state index contributed by atoms with van der Waals surface area (Å²) in [5.41, 5.74) is -0.742. The molecular formula is C17H12Cl2F3N3O2. The molecule has 0 fully saturated rings. The number of anilines is 1. The van der Waals surface area contributed by atoms with Crippen LogP contribution in [0.15, 0.2) is 36.5 Å². The zero-order valence-corrected chi connectivity index (χ0v) is 15.1. The Morgan fingerprint density at radius 1 is 1.30 bits per heavy atom. The van der Waals surface area contributed by atoms with Crippen molar-refractivity contribution < 1.29 is 22.7 Å². The molecule has 0 aliphatic rings. The molecule has 5 nitrogen and oxygen atoms in total. The van der Waals surface area contributed by atoms with Gasteiger partial charge in [-0.2, -0.15) is 18.4 Å². The van der Waals surface area contributed by atoms with E-state index in [2.05, 4.69) is 10.3 Å². The number of alkyl halides is 3. The molecule has 0 aliphatic heterocycles. The van der Waals surface area contributed by atoms with Gasteiger partial charge in [-0.25, -0.2) is 9.78 Å². The molecule has 0 radical (unpaired) electrons. The number of nitriles is 1. The van der Waals surface area contributed by atoms with E-state index in [-0.39, 0.29) is 29.4 Å². The first kappa shape index (κ1) is 20.8. The van der Waals surface area contributed by atoms with E-state index in [0.717, 1.165) is 6.07 Å². The summed E-state index contributed by atoms with van der Waals surface area (Å²) in [5, 5.41) is 11.8. The smallest absolute Gasteiger partial charge is 0.417 e. The van der Waals surface area contributed by atoms with Crippen LogP contribution in [0.25, 0.3) is 0 Å². The molecule has 27 heavy (non-hydrogen) atoms. The number of esters is 1. The van der Waals surface area contributed by atoms with Gasteiger partial charge in [0.2, 0.25) is 0 Å². The molecular weight excluding hydrogens is 406 g/mol. The zero-order chi connectivity index (χ0) is 20.0. The van der Waals surface area contributed by atoms with Gasteiger partial charge < -0.3 is 10.1 Å².